The number of carbonyl (C=O) groups excluding carboxylic acids is 3. The molecule has 1 aromatic rings. The average molecular weight is 375 g/mol. The molecule has 3 amide bonds. The van der Waals surface area contributed by atoms with Gasteiger partial charge in [0.15, 0.2) is 0 Å². The number of nitrogens with one attached hydrogen (secondary N) is 2. The molecule has 2 atom stereocenters. The summed E-state index contributed by atoms with van der Waals surface area (Å²) in [5.41, 5.74) is 6.74. The van der Waals surface area contributed by atoms with E-state index in [1.54, 1.807) is 18.2 Å². The standard InChI is InChI=1S/C18H25N5O4/c1-22(9-7-19)10-8-20-12-4-2-3-11-15(12)18(27)23(17(11)26)13-5-6-14(24)21-16(13)25/h2-4,13,16,20,25H,5-10,19H2,1H3,(H,21,24). The summed E-state index contributed by atoms with van der Waals surface area (Å²) >= 11 is 0. The molecule has 2 unspecified atom stereocenters. The molecule has 0 radical (unpaired) electrons. The van der Waals surface area contributed by atoms with E-state index in [0.29, 0.717) is 29.9 Å². The molecule has 1 saturated heterocycles. The fraction of sp³-hybridized carbons (Fsp3) is 0.500. The summed E-state index contributed by atoms with van der Waals surface area (Å²) in [5, 5.41) is 15.7. The van der Waals surface area contributed by atoms with E-state index in [0.717, 1.165) is 18.0 Å². The number of piperidine rings is 1. The molecule has 0 spiro atoms. The number of carbonyl (C=O) groups is 3. The topological polar surface area (TPSA) is 128 Å². The Morgan fingerprint density at radius 1 is 1.30 bits per heavy atom. The van der Waals surface area contributed by atoms with Gasteiger partial charge in [-0.2, -0.15) is 0 Å². The van der Waals surface area contributed by atoms with Crippen molar-refractivity contribution in [2.75, 3.05) is 38.5 Å². The lowest BCUT2D eigenvalue weighted by molar-refractivity contribution is -0.129. The van der Waals surface area contributed by atoms with Crippen LogP contribution in [0, 0.1) is 0 Å². The van der Waals surface area contributed by atoms with E-state index in [-0.39, 0.29) is 18.7 Å². The number of benzene rings is 1. The first-order valence-corrected chi connectivity index (χ1v) is 9.05. The van der Waals surface area contributed by atoms with Crippen molar-refractivity contribution in [2.45, 2.75) is 25.1 Å². The first-order valence-electron chi connectivity index (χ1n) is 9.05. The fourth-order valence-electron chi connectivity index (χ4n) is 3.51. The second-order valence-electron chi connectivity index (χ2n) is 6.85. The lowest BCUT2D eigenvalue weighted by atomic mass is 10.0. The monoisotopic (exact) mass is 375 g/mol. The van der Waals surface area contributed by atoms with E-state index < -0.39 is 24.1 Å². The van der Waals surface area contributed by atoms with Crippen LogP contribution in [0.15, 0.2) is 18.2 Å². The van der Waals surface area contributed by atoms with Crippen molar-refractivity contribution in [1.29, 1.82) is 0 Å². The van der Waals surface area contributed by atoms with Crippen LogP contribution < -0.4 is 16.4 Å². The molecule has 5 N–H and O–H groups in total. The number of hydrogen-bond donors (Lipinski definition) is 4. The quantitative estimate of drug-likeness (QED) is 0.459. The number of nitrogens with two attached hydrogens (primary N) is 1. The van der Waals surface area contributed by atoms with Crippen molar-refractivity contribution in [3.8, 4) is 0 Å². The van der Waals surface area contributed by atoms with E-state index in [2.05, 4.69) is 15.5 Å². The molecule has 2 aliphatic heterocycles. The Morgan fingerprint density at radius 3 is 2.78 bits per heavy atom. The summed E-state index contributed by atoms with van der Waals surface area (Å²) in [7, 11) is 1.96. The molecule has 2 aliphatic rings. The van der Waals surface area contributed by atoms with Gasteiger partial charge >= 0.3 is 0 Å². The molecule has 9 heteroatoms. The van der Waals surface area contributed by atoms with Crippen LogP contribution in [0.4, 0.5) is 5.69 Å². The van der Waals surface area contributed by atoms with Gasteiger partial charge in [-0.3, -0.25) is 19.3 Å². The van der Waals surface area contributed by atoms with Crippen molar-refractivity contribution in [3.05, 3.63) is 29.3 Å². The lowest BCUT2D eigenvalue weighted by Gasteiger charge is -2.33. The van der Waals surface area contributed by atoms with Crippen molar-refractivity contribution < 1.29 is 19.5 Å². The van der Waals surface area contributed by atoms with Crippen molar-refractivity contribution >= 4 is 23.4 Å². The predicted octanol–water partition coefficient (Wildman–Crippen LogP) is -0.818. The molecule has 1 fully saturated rings. The summed E-state index contributed by atoms with van der Waals surface area (Å²) in [6.07, 6.45) is -0.853. The van der Waals surface area contributed by atoms with Crippen molar-refractivity contribution in [3.63, 3.8) is 0 Å². The summed E-state index contributed by atoms with van der Waals surface area (Å²) in [5.74, 6) is -1.19. The average Bonchev–Trinajstić information content (AvgIpc) is 2.87. The number of aliphatic hydroxyl groups is 1. The molecule has 0 saturated carbocycles. The molecule has 146 valence electrons. The second kappa shape index (κ2) is 8.03. The zero-order chi connectivity index (χ0) is 19.6. The minimum absolute atomic E-state index is 0.160. The van der Waals surface area contributed by atoms with Crippen LogP contribution in [-0.4, -0.2) is 78.1 Å². The molecule has 0 aromatic heterocycles. The van der Waals surface area contributed by atoms with Gasteiger partial charge in [-0.05, 0) is 25.6 Å². The third-order valence-corrected chi connectivity index (χ3v) is 4.94. The van der Waals surface area contributed by atoms with Gasteiger partial charge < -0.3 is 26.4 Å². The highest BCUT2D eigenvalue weighted by Gasteiger charge is 2.45. The highest BCUT2D eigenvalue weighted by atomic mass is 16.3. The number of likely N-dealkylation sites (N-methyl/N-ethyl adjacent to an activating group) is 1. The maximum absolute atomic E-state index is 13.0. The number of nitrogens with zero attached hydrogens (tertiary/aromatic N) is 2. The predicted molar refractivity (Wildman–Crippen MR) is 99.2 cm³/mol. The largest absolute Gasteiger partial charge is 0.383 e. The highest BCUT2D eigenvalue weighted by molar-refractivity contribution is 6.24. The lowest BCUT2D eigenvalue weighted by Crippen LogP contribution is -2.57. The normalized spacial score (nSPS) is 22.2. The van der Waals surface area contributed by atoms with E-state index in [1.807, 2.05) is 7.05 Å². The third kappa shape index (κ3) is 3.80. The maximum atomic E-state index is 13.0. The fourth-order valence-corrected chi connectivity index (χ4v) is 3.51. The minimum Gasteiger partial charge on any atom is -0.383 e. The Hall–Kier alpha value is -2.49. The second-order valence-corrected chi connectivity index (χ2v) is 6.85. The number of aliphatic hydroxyl groups excluding tert-OH is 1. The van der Waals surface area contributed by atoms with Crippen LogP contribution in [0.2, 0.25) is 0 Å². The third-order valence-electron chi connectivity index (χ3n) is 4.94. The van der Waals surface area contributed by atoms with E-state index in [4.69, 9.17) is 5.73 Å². The molecule has 3 rings (SSSR count). The van der Waals surface area contributed by atoms with Crippen molar-refractivity contribution in [1.82, 2.24) is 15.1 Å². The van der Waals surface area contributed by atoms with Crippen LogP contribution in [-0.2, 0) is 4.79 Å². The first kappa shape index (κ1) is 19.3. The van der Waals surface area contributed by atoms with Gasteiger partial charge in [-0.1, -0.05) is 6.07 Å². The number of anilines is 1. The zero-order valence-electron chi connectivity index (χ0n) is 15.3. The molecular weight excluding hydrogens is 350 g/mol. The summed E-state index contributed by atoms with van der Waals surface area (Å²) in [4.78, 5) is 40.3. The highest BCUT2D eigenvalue weighted by Crippen LogP contribution is 2.32. The molecule has 0 bridgehead atoms. The number of amides is 3. The molecule has 2 heterocycles. The number of rotatable bonds is 7. The summed E-state index contributed by atoms with van der Waals surface area (Å²) < 4.78 is 0. The summed E-state index contributed by atoms with van der Waals surface area (Å²) in [6.45, 7) is 2.67. The summed E-state index contributed by atoms with van der Waals surface area (Å²) in [6, 6.07) is 4.32. The van der Waals surface area contributed by atoms with Gasteiger partial charge in [-0.15, -0.1) is 0 Å². The maximum Gasteiger partial charge on any atom is 0.264 e. The van der Waals surface area contributed by atoms with Crippen molar-refractivity contribution in [2.24, 2.45) is 5.73 Å². The van der Waals surface area contributed by atoms with Crippen LogP contribution >= 0.6 is 0 Å². The Labute approximate surface area is 157 Å². The van der Waals surface area contributed by atoms with Gasteiger partial charge in [0.1, 0.15) is 6.23 Å². The zero-order valence-corrected chi connectivity index (χ0v) is 15.3. The van der Waals surface area contributed by atoms with E-state index in [9.17, 15) is 19.5 Å². The molecule has 1 aromatic carbocycles. The van der Waals surface area contributed by atoms with Gasteiger partial charge in [0.2, 0.25) is 5.91 Å². The van der Waals surface area contributed by atoms with Crippen LogP contribution in [0.25, 0.3) is 0 Å². The Kier molecular flexibility index (Phi) is 5.73. The van der Waals surface area contributed by atoms with E-state index in [1.165, 1.54) is 0 Å². The minimum atomic E-state index is -1.25. The number of fused-ring (bicyclic) bond motifs is 1. The Balaban J connectivity index is 1.77. The van der Waals surface area contributed by atoms with Crippen LogP contribution in [0.1, 0.15) is 33.6 Å². The van der Waals surface area contributed by atoms with Gasteiger partial charge in [-0.25, -0.2) is 0 Å². The van der Waals surface area contributed by atoms with Gasteiger partial charge in [0.25, 0.3) is 11.8 Å². The molecule has 9 nitrogen and oxygen atoms in total. The Morgan fingerprint density at radius 2 is 2.07 bits per heavy atom. The van der Waals surface area contributed by atoms with Crippen LogP contribution in [0.5, 0.6) is 0 Å². The molecule has 27 heavy (non-hydrogen) atoms. The van der Waals surface area contributed by atoms with E-state index >= 15 is 0 Å². The smallest absolute Gasteiger partial charge is 0.264 e. The van der Waals surface area contributed by atoms with Gasteiger partial charge in [0.05, 0.1) is 17.2 Å². The molecule has 0 aliphatic carbocycles. The Bertz CT molecular complexity index is 753. The number of hydrogen-bond acceptors (Lipinski definition) is 7. The van der Waals surface area contributed by atoms with Gasteiger partial charge in [0, 0.05) is 38.3 Å². The first-order chi connectivity index (χ1) is 12.9. The SMILES string of the molecule is CN(CCN)CCNc1cccc2c1C(=O)N(C1CCC(=O)NC1O)C2=O. The molecular formula is C18H25N5O4. The van der Waals surface area contributed by atoms with Crippen LogP contribution in [0.3, 0.4) is 0 Å². The number of imide groups is 1.